The van der Waals surface area contributed by atoms with Crippen molar-refractivity contribution in [3.8, 4) is 17.2 Å². The van der Waals surface area contributed by atoms with Crippen LogP contribution in [0.5, 0.6) is 17.2 Å². The molecule has 0 fully saturated rings. The van der Waals surface area contributed by atoms with E-state index in [0.29, 0.717) is 24.3 Å². The van der Waals surface area contributed by atoms with Gasteiger partial charge in [0.15, 0.2) is 0 Å². The Labute approximate surface area is 169 Å². The summed E-state index contributed by atoms with van der Waals surface area (Å²) in [6.45, 7) is 4.08. The zero-order chi connectivity index (χ0) is 21.0. The molecule has 0 bridgehead atoms. The second-order valence-corrected chi connectivity index (χ2v) is 7.08. The van der Waals surface area contributed by atoms with E-state index in [0.717, 1.165) is 22.4 Å². The maximum absolute atomic E-state index is 11.2. The quantitative estimate of drug-likeness (QED) is 0.529. The van der Waals surface area contributed by atoms with Crippen LogP contribution in [0.25, 0.3) is 0 Å². The molecule has 29 heavy (non-hydrogen) atoms. The number of hydrazone groups is 1. The minimum atomic E-state index is -0.731. The summed E-state index contributed by atoms with van der Waals surface area (Å²) < 4.78 is 11.8. The molecule has 2 amide bonds. The van der Waals surface area contributed by atoms with Gasteiger partial charge in [0.25, 0.3) is 0 Å². The lowest BCUT2D eigenvalue weighted by atomic mass is 9.93. The molecule has 0 saturated heterocycles. The number of amides is 2. The molecule has 7 nitrogen and oxygen atoms in total. The fraction of sp³-hybridized carbons (Fsp3) is 0.273. The van der Waals surface area contributed by atoms with Gasteiger partial charge < -0.3 is 20.3 Å². The molecule has 1 aliphatic rings. The van der Waals surface area contributed by atoms with E-state index in [4.69, 9.17) is 15.2 Å². The summed E-state index contributed by atoms with van der Waals surface area (Å²) in [5.74, 6) is 1.51. The number of methoxy groups -OCH3 is 1. The minimum Gasteiger partial charge on any atom is -0.508 e. The Bertz CT molecular complexity index is 961. The topological polar surface area (TPSA) is 106 Å². The Morgan fingerprint density at radius 3 is 2.69 bits per heavy atom. The van der Waals surface area contributed by atoms with Gasteiger partial charge in [0, 0.05) is 18.1 Å². The number of rotatable bonds is 5. The highest BCUT2D eigenvalue weighted by molar-refractivity contribution is 6.04. The van der Waals surface area contributed by atoms with E-state index >= 15 is 0 Å². The zero-order valence-electron chi connectivity index (χ0n) is 16.7. The normalized spacial score (nSPS) is 16.5. The van der Waals surface area contributed by atoms with Crippen LogP contribution >= 0.6 is 0 Å². The van der Waals surface area contributed by atoms with Crippen LogP contribution in [0.4, 0.5) is 4.79 Å². The first-order valence-electron chi connectivity index (χ1n) is 9.29. The van der Waals surface area contributed by atoms with Crippen molar-refractivity contribution in [2.24, 2.45) is 10.8 Å². The van der Waals surface area contributed by atoms with Crippen molar-refractivity contribution in [2.45, 2.75) is 32.8 Å². The Morgan fingerprint density at radius 1 is 1.34 bits per heavy atom. The van der Waals surface area contributed by atoms with Crippen LogP contribution in [0.1, 0.15) is 43.1 Å². The Morgan fingerprint density at radius 2 is 2.07 bits per heavy atom. The molecule has 2 aromatic rings. The summed E-state index contributed by atoms with van der Waals surface area (Å²) >= 11 is 0. The number of phenolic OH excluding ortho intramolecular Hbond substituents is 1. The largest absolute Gasteiger partial charge is 0.508 e. The minimum absolute atomic E-state index is 0.180. The van der Waals surface area contributed by atoms with E-state index < -0.39 is 6.03 Å². The van der Waals surface area contributed by atoms with E-state index in [2.05, 4.69) is 16.6 Å². The number of benzene rings is 2. The first-order valence-corrected chi connectivity index (χ1v) is 9.29. The summed E-state index contributed by atoms with van der Waals surface area (Å²) in [5, 5.41) is 13.8. The Hall–Kier alpha value is -3.48. The van der Waals surface area contributed by atoms with Gasteiger partial charge in [0.2, 0.25) is 0 Å². The van der Waals surface area contributed by atoms with Gasteiger partial charge in [0.1, 0.15) is 23.4 Å². The number of ether oxygens (including phenoxy) is 2. The number of aromatic hydroxyl groups is 1. The van der Waals surface area contributed by atoms with E-state index in [1.165, 1.54) is 5.57 Å². The van der Waals surface area contributed by atoms with Crippen LogP contribution in [0.3, 0.4) is 0 Å². The van der Waals surface area contributed by atoms with Crippen LogP contribution in [0.15, 0.2) is 53.1 Å². The summed E-state index contributed by atoms with van der Waals surface area (Å²) in [4.78, 5) is 11.2. The van der Waals surface area contributed by atoms with Crippen molar-refractivity contribution in [1.29, 1.82) is 0 Å². The van der Waals surface area contributed by atoms with Gasteiger partial charge in [-0.05, 0) is 49.6 Å². The zero-order valence-corrected chi connectivity index (χ0v) is 16.7. The standard InChI is InChI=1S/C22H25N3O4/c1-13(2)4-5-15-10-17-18(24-25-22(23)27)11-20(14-6-8-16(26)9-7-14)29-21(17)12-19(15)28-3/h4,6-10,12,20,26H,5,11H2,1-3H3,(H3,23,25,27)/b24-18+/t20-/m0/s1. The molecule has 1 aliphatic heterocycles. The average molecular weight is 395 g/mol. The molecule has 0 aromatic heterocycles. The molecule has 1 atom stereocenters. The third kappa shape index (κ3) is 4.87. The van der Waals surface area contributed by atoms with Gasteiger partial charge in [-0.2, -0.15) is 5.10 Å². The molecule has 0 aliphatic carbocycles. The molecule has 0 spiro atoms. The highest BCUT2D eigenvalue weighted by Crippen LogP contribution is 2.39. The van der Waals surface area contributed by atoms with Gasteiger partial charge in [-0.15, -0.1) is 0 Å². The van der Waals surface area contributed by atoms with Crippen molar-refractivity contribution >= 4 is 11.7 Å². The lowest BCUT2D eigenvalue weighted by Crippen LogP contribution is -2.28. The van der Waals surface area contributed by atoms with Gasteiger partial charge >= 0.3 is 6.03 Å². The van der Waals surface area contributed by atoms with Crippen LogP contribution < -0.4 is 20.6 Å². The van der Waals surface area contributed by atoms with Crippen molar-refractivity contribution in [3.63, 3.8) is 0 Å². The molecule has 4 N–H and O–H groups in total. The number of phenols is 1. The third-order valence-electron chi connectivity index (χ3n) is 4.64. The number of allylic oxidation sites excluding steroid dienone is 2. The highest BCUT2D eigenvalue weighted by atomic mass is 16.5. The van der Waals surface area contributed by atoms with Crippen LogP contribution in [0.2, 0.25) is 0 Å². The summed E-state index contributed by atoms with van der Waals surface area (Å²) in [5.41, 5.74) is 12.0. The molecule has 0 radical (unpaired) electrons. The number of hydrogen-bond donors (Lipinski definition) is 3. The van der Waals surface area contributed by atoms with Crippen molar-refractivity contribution in [1.82, 2.24) is 5.43 Å². The van der Waals surface area contributed by atoms with E-state index in [1.54, 1.807) is 31.4 Å². The number of primary amides is 1. The van der Waals surface area contributed by atoms with Gasteiger partial charge in [-0.25, -0.2) is 10.2 Å². The number of nitrogens with zero attached hydrogens (tertiary/aromatic N) is 1. The average Bonchev–Trinajstić information content (AvgIpc) is 2.70. The molecule has 152 valence electrons. The predicted molar refractivity (Wildman–Crippen MR) is 111 cm³/mol. The summed E-state index contributed by atoms with van der Waals surface area (Å²) in [6.07, 6.45) is 2.93. The number of nitrogens with two attached hydrogens (primary N) is 1. The molecule has 1 heterocycles. The molecular weight excluding hydrogens is 370 g/mol. The second-order valence-electron chi connectivity index (χ2n) is 7.08. The molecule has 7 heteroatoms. The Balaban J connectivity index is 2.05. The van der Waals surface area contributed by atoms with Gasteiger partial charge in [-0.1, -0.05) is 23.8 Å². The van der Waals surface area contributed by atoms with Crippen molar-refractivity contribution in [2.75, 3.05) is 7.11 Å². The molecular formula is C22H25N3O4. The summed E-state index contributed by atoms with van der Waals surface area (Å²) in [7, 11) is 1.62. The molecule has 3 rings (SSSR count). The number of nitrogens with one attached hydrogen (secondary N) is 1. The second kappa shape index (κ2) is 8.68. The number of fused-ring (bicyclic) bond motifs is 1. The monoisotopic (exact) mass is 395 g/mol. The smallest absolute Gasteiger partial charge is 0.332 e. The predicted octanol–water partition coefficient (Wildman–Crippen LogP) is 3.81. The number of carbonyl (C=O) groups is 1. The van der Waals surface area contributed by atoms with Crippen LogP contribution in [0, 0.1) is 0 Å². The van der Waals surface area contributed by atoms with Crippen molar-refractivity contribution < 1.29 is 19.4 Å². The maximum Gasteiger partial charge on any atom is 0.332 e. The van der Waals surface area contributed by atoms with E-state index in [9.17, 15) is 9.90 Å². The van der Waals surface area contributed by atoms with Gasteiger partial charge in [0.05, 0.1) is 12.8 Å². The first kappa shape index (κ1) is 20.3. The summed E-state index contributed by atoms with van der Waals surface area (Å²) in [6, 6.07) is 9.89. The van der Waals surface area contributed by atoms with Crippen LogP contribution in [-0.4, -0.2) is 24.0 Å². The molecule has 0 unspecified atom stereocenters. The van der Waals surface area contributed by atoms with Crippen molar-refractivity contribution in [3.05, 3.63) is 64.7 Å². The van der Waals surface area contributed by atoms with Gasteiger partial charge in [-0.3, -0.25) is 0 Å². The van der Waals surface area contributed by atoms with E-state index in [-0.39, 0.29) is 11.9 Å². The first-order chi connectivity index (χ1) is 13.9. The fourth-order valence-corrected chi connectivity index (χ4v) is 3.18. The highest BCUT2D eigenvalue weighted by Gasteiger charge is 2.28. The molecule has 0 saturated carbocycles. The lowest BCUT2D eigenvalue weighted by Gasteiger charge is -2.28. The molecule has 2 aromatic carbocycles. The lowest BCUT2D eigenvalue weighted by molar-refractivity contribution is 0.205. The maximum atomic E-state index is 11.2. The number of carbonyl (C=O) groups excluding carboxylic acids is 1. The SMILES string of the molecule is COc1cc2c(cc1CC=C(C)C)/C(=N/NC(N)=O)C[C@@H](c1ccc(O)cc1)O2. The number of urea groups is 1. The Kier molecular flexibility index (Phi) is 6.07. The number of hydrogen-bond acceptors (Lipinski definition) is 5. The third-order valence-corrected chi connectivity index (χ3v) is 4.64. The van der Waals surface area contributed by atoms with E-state index in [1.807, 2.05) is 26.0 Å². The van der Waals surface area contributed by atoms with Crippen LogP contribution in [-0.2, 0) is 6.42 Å². The fourth-order valence-electron chi connectivity index (χ4n) is 3.18.